The Morgan fingerprint density at radius 2 is 1.96 bits per heavy atom. The maximum absolute atomic E-state index is 12.5. The van der Waals surface area contributed by atoms with Crippen molar-refractivity contribution in [2.45, 2.75) is 45.4 Å². The molecule has 4 heteroatoms. The molecule has 1 atom stereocenters. The Kier molecular flexibility index (Phi) is 8.64. The quantitative estimate of drug-likeness (QED) is 0.856. The molecule has 1 amide bonds. The van der Waals surface area contributed by atoms with Gasteiger partial charge in [0, 0.05) is 19.5 Å². The van der Waals surface area contributed by atoms with Crippen LogP contribution in [0.1, 0.15) is 49.7 Å². The van der Waals surface area contributed by atoms with Crippen LogP contribution in [0.25, 0.3) is 0 Å². The van der Waals surface area contributed by atoms with E-state index < -0.39 is 0 Å². The van der Waals surface area contributed by atoms with E-state index in [0.29, 0.717) is 18.2 Å². The smallest absolute Gasteiger partial charge is 0.223 e. The van der Waals surface area contributed by atoms with E-state index in [4.69, 9.17) is 0 Å². The molecule has 0 aliphatic carbocycles. The van der Waals surface area contributed by atoms with Crippen molar-refractivity contribution in [2.75, 3.05) is 26.7 Å². The lowest BCUT2D eigenvalue weighted by Gasteiger charge is -2.33. The van der Waals surface area contributed by atoms with Crippen LogP contribution in [-0.2, 0) is 4.79 Å². The highest BCUT2D eigenvalue weighted by molar-refractivity contribution is 5.85. The van der Waals surface area contributed by atoms with Crippen molar-refractivity contribution in [3.8, 4) is 0 Å². The number of nitrogens with zero attached hydrogens (tertiary/aromatic N) is 1. The number of rotatable bonds is 6. The highest BCUT2D eigenvalue weighted by atomic mass is 35.5. The average Bonchev–Trinajstić information content (AvgIpc) is 2.53. The van der Waals surface area contributed by atoms with Gasteiger partial charge in [0.25, 0.3) is 0 Å². The molecule has 3 nitrogen and oxygen atoms in total. The lowest BCUT2D eigenvalue weighted by atomic mass is 9.91. The number of benzene rings is 1. The molecule has 130 valence electrons. The predicted molar refractivity (Wildman–Crippen MR) is 99.3 cm³/mol. The van der Waals surface area contributed by atoms with Gasteiger partial charge in [-0.2, -0.15) is 0 Å². The molecule has 1 unspecified atom stereocenters. The number of hydrogen-bond acceptors (Lipinski definition) is 2. The van der Waals surface area contributed by atoms with E-state index >= 15 is 0 Å². The van der Waals surface area contributed by atoms with Crippen molar-refractivity contribution in [2.24, 2.45) is 5.92 Å². The Balaban J connectivity index is 0.00000264. The van der Waals surface area contributed by atoms with Gasteiger partial charge >= 0.3 is 0 Å². The topological polar surface area (TPSA) is 32.3 Å². The number of amides is 1. The van der Waals surface area contributed by atoms with Crippen LogP contribution in [-0.4, -0.2) is 37.5 Å². The standard InChI is InChI=1S/C19H30N2O.ClH/c1-15-6-4-5-7-18(15)16(2)14-19(22)21-12-9-17(10-13-21)8-11-20-3;/h4-7,16-17,20H,8-14H2,1-3H3;1H. The summed E-state index contributed by atoms with van der Waals surface area (Å²) in [6.45, 7) is 7.26. The molecular formula is C19H31ClN2O. The van der Waals surface area contributed by atoms with Gasteiger partial charge in [0.05, 0.1) is 0 Å². The third kappa shape index (κ3) is 5.82. The zero-order chi connectivity index (χ0) is 15.9. The molecule has 1 aliphatic rings. The number of aryl methyl sites for hydroxylation is 1. The molecule has 0 aromatic heterocycles. The first kappa shape index (κ1) is 20.0. The molecule has 1 aromatic carbocycles. The minimum atomic E-state index is 0. The number of nitrogens with one attached hydrogen (secondary N) is 1. The maximum atomic E-state index is 12.5. The Hall–Kier alpha value is -1.06. The molecule has 1 heterocycles. The van der Waals surface area contributed by atoms with Gasteiger partial charge in [0.2, 0.25) is 5.91 Å². The lowest BCUT2D eigenvalue weighted by molar-refractivity contribution is -0.132. The van der Waals surface area contributed by atoms with E-state index in [1.165, 1.54) is 17.5 Å². The van der Waals surface area contributed by atoms with Crippen LogP contribution < -0.4 is 5.32 Å². The van der Waals surface area contributed by atoms with Crippen LogP contribution in [0.5, 0.6) is 0 Å². The fourth-order valence-electron chi connectivity index (χ4n) is 3.46. The molecule has 0 radical (unpaired) electrons. The average molecular weight is 339 g/mol. The van der Waals surface area contributed by atoms with Gasteiger partial charge in [-0.3, -0.25) is 4.79 Å². The highest BCUT2D eigenvalue weighted by Crippen LogP contribution is 2.25. The van der Waals surface area contributed by atoms with Gasteiger partial charge in [0.1, 0.15) is 0 Å². The second-order valence-corrected chi connectivity index (χ2v) is 6.68. The van der Waals surface area contributed by atoms with Crippen LogP contribution in [0.4, 0.5) is 0 Å². The summed E-state index contributed by atoms with van der Waals surface area (Å²) in [4.78, 5) is 14.6. The van der Waals surface area contributed by atoms with Gasteiger partial charge < -0.3 is 10.2 Å². The second kappa shape index (κ2) is 9.94. The van der Waals surface area contributed by atoms with Crippen molar-refractivity contribution in [3.05, 3.63) is 35.4 Å². The summed E-state index contributed by atoms with van der Waals surface area (Å²) in [5.41, 5.74) is 2.59. The molecule has 23 heavy (non-hydrogen) atoms. The summed E-state index contributed by atoms with van der Waals surface area (Å²) in [5, 5.41) is 3.22. The summed E-state index contributed by atoms with van der Waals surface area (Å²) < 4.78 is 0. The van der Waals surface area contributed by atoms with Crippen molar-refractivity contribution >= 4 is 18.3 Å². The molecule has 2 rings (SSSR count). The summed E-state index contributed by atoms with van der Waals surface area (Å²) in [7, 11) is 2.01. The van der Waals surface area contributed by atoms with Crippen LogP contribution in [0.3, 0.4) is 0 Å². The van der Waals surface area contributed by atoms with Gasteiger partial charge in [-0.05, 0) is 62.7 Å². The van der Waals surface area contributed by atoms with Gasteiger partial charge in [-0.15, -0.1) is 12.4 Å². The number of carbonyl (C=O) groups is 1. The van der Waals surface area contributed by atoms with E-state index in [1.54, 1.807) is 0 Å². The van der Waals surface area contributed by atoms with Crippen molar-refractivity contribution in [1.29, 1.82) is 0 Å². The number of piperidine rings is 1. The van der Waals surface area contributed by atoms with Crippen LogP contribution in [0.15, 0.2) is 24.3 Å². The maximum Gasteiger partial charge on any atom is 0.223 e. The molecule has 1 fully saturated rings. The second-order valence-electron chi connectivity index (χ2n) is 6.68. The van der Waals surface area contributed by atoms with E-state index in [0.717, 1.165) is 38.4 Å². The first-order chi connectivity index (χ1) is 10.6. The van der Waals surface area contributed by atoms with Crippen LogP contribution in [0.2, 0.25) is 0 Å². The van der Waals surface area contributed by atoms with Crippen molar-refractivity contribution < 1.29 is 4.79 Å². The van der Waals surface area contributed by atoms with E-state index in [-0.39, 0.29) is 12.4 Å². The number of likely N-dealkylation sites (tertiary alicyclic amines) is 1. The fourth-order valence-corrected chi connectivity index (χ4v) is 3.46. The van der Waals surface area contributed by atoms with E-state index in [1.807, 2.05) is 7.05 Å². The molecule has 0 spiro atoms. The summed E-state index contributed by atoms with van der Waals surface area (Å²) in [6.07, 6.45) is 4.18. The third-order valence-electron chi connectivity index (χ3n) is 4.97. The number of halogens is 1. The normalized spacial score (nSPS) is 16.7. The Bertz CT molecular complexity index is 484. The molecule has 1 N–H and O–H groups in total. The predicted octanol–water partition coefficient (Wildman–Crippen LogP) is 3.76. The Morgan fingerprint density at radius 3 is 2.57 bits per heavy atom. The fraction of sp³-hybridized carbons (Fsp3) is 0.632. The highest BCUT2D eigenvalue weighted by Gasteiger charge is 2.24. The minimum absolute atomic E-state index is 0. The number of carbonyl (C=O) groups excluding carboxylic acids is 1. The zero-order valence-electron chi connectivity index (χ0n) is 14.7. The first-order valence-electron chi connectivity index (χ1n) is 8.59. The molecule has 0 saturated carbocycles. The molecule has 1 aliphatic heterocycles. The van der Waals surface area contributed by atoms with Gasteiger partial charge in [-0.25, -0.2) is 0 Å². The third-order valence-corrected chi connectivity index (χ3v) is 4.97. The van der Waals surface area contributed by atoms with Gasteiger partial charge in [-0.1, -0.05) is 31.2 Å². The first-order valence-corrected chi connectivity index (χ1v) is 8.59. The Labute approximate surface area is 147 Å². The Morgan fingerprint density at radius 1 is 1.30 bits per heavy atom. The molecular weight excluding hydrogens is 308 g/mol. The number of hydrogen-bond donors (Lipinski definition) is 1. The van der Waals surface area contributed by atoms with Gasteiger partial charge in [0.15, 0.2) is 0 Å². The molecule has 1 saturated heterocycles. The van der Waals surface area contributed by atoms with Crippen LogP contribution in [0, 0.1) is 12.8 Å². The lowest BCUT2D eigenvalue weighted by Crippen LogP contribution is -2.39. The van der Waals surface area contributed by atoms with Crippen molar-refractivity contribution in [3.63, 3.8) is 0 Å². The minimum Gasteiger partial charge on any atom is -0.343 e. The summed E-state index contributed by atoms with van der Waals surface area (Å²) in [6, 6.07) is 8.40. The molecule has 1 aromatic rings. The SMILES string of the molecule is CNCCC1CCN(C(=O)CC(C)c2ccccc2C)CC1.Cl. The zero-order valence-corrected chi connectivity index (χ0v) is 15.5. The van der Waals surface area contributed by atoms with E-state index in [9.17, 15) is 4.79 Å². The summed E-state index contributed by atoms with van der Waals surface area (Å²) in [5.74, 6) is 1.41. The van der Waals surface area contributed by atoms with Crippen molar-refractivity contribution in [1.82, 2.24) is 10.2 Å². The largest absolute Gasteiger partial charge is 0.343 e. The van der Waals surface area contributed by atoms with E-state index in [2.05, 4.69) is 48.3 Å². The molecule has 0 bridgehead atoms. The van der Waals surface area contributed by atoms with Crippen LogP contribution >= 0.6 is 12.4 Å². The summed E-state index contributed by atoms with van der Waals surface area (Å²) >= 11 is 0. The monoisotopic (exact) mass is 338 g/mol.